The summed E-state index contributed by atoms with van der Waals surface area (Å²) in [6.07, 6.45) is 17.0. The number of halogens is 2. The highest BCUT2D eigenvalue weighted by Crippen LogP contribution is 2.09. The summed E-state index contributed by atoms with van der Waals surface area (Å²) in [7, 11) is 8.20. The van der Waals surface area contributed by atoms with Crippen LogP contribution in [0.3, 0.4) is 0 Å². The van der Waals surface area contributed by atoms with Gasteiger partial charge in [0.25, 0.3) is 0 Å². The minimum Gasteiger partial charge on any atom is -1.00 e. The lowest BCUT2D eigenvalue weighted by Crippen LogP contribution is -3.00. The van der Waals surface area contributed by atoms with Crippen molar-refractivity contribution in [3.63, 3.8) is 0 Å². The number of carbonyl (C=O) groups is 2. The lowest BCUT2D eigenvalue weighted by molar-refractivity contribution is -0.939. The molecule has 0 aromatic carbocycles. The number of quaternary nitrogens is 2. The second kappa shape index (κ2) is 24.8. The third kappa shape index (κ3) is 26.5. The molecule has 0 N–H and O–H groups in total. The van der Waals surface area contributed by atoms with Crippen molar-refractivity contribution in [2.45, 2.75) is 104 Å². The van der Waals surface area contributed by atoms with Gasteiger partial charge >= 0.3 is 11.9 Å². The first-order valence-corrected chi connectivity index (χ1v) is 14.1. The van der Waals surface area contributed by atoms with Crippen molar-refractivity contribution < 1.29 is 52.8 Å². The SMILES string of the molecule is CCCCCCCCCOC(=O)C[N+](C)(C)CC[N+](C)(C)CC(=O)OCCCCCCCCC.[Cl-].[Cl-]. The van der Waals surface area contributed by atoms with Crippen LogP contribution in [-0.2, 0) is 19.1 Å². The van der Waals surface area contributed by atoms with Gasteiger partial charge in [-0.25, -0.2) is 9.59 Å². The van der Waals surface area contributed by atoms with Gasteiger partial charge in [0.05, 0.1) is 41.4 Å². The van der Waals surface area contributed by atoms with Crippen molar-refractivity contribution >= 4 is 11.9 Å². The lowest BCUT2D eigenvalue weighted by Gasteiger charge is -2.34. The van der Waals surface area contributed by atoms with Crippen molar-refractivity contribution in [1.29, 1.82) is 0 Å². The molecule has 36 heavy (non-hydrogen) atoms. The Morgan fingerprint density at radius 2 is 0.778 bits per heavy atom. The molecule has 0 spiro atoms. The van der Waals surface area contributed by atoms with E-state index >= 15 is 0 Å². The van der Waals surface area contributed by atoms with E-state index in [-0.39, 0.29) is 36.8 Å². The average Bonchev–Trinajstić information content (AvgIpc) is 2.75. The number of nitrogens with zero attached hydrogens (tertiary/aromatic N) is 2. The monoisotopic (exact) mass is 556 g/mol. The Balaban J connectivity index is -0.00000544. The highest BCUT2D eigenvalue weighted by molar-refractivity contribution is 5.70. The number of carbonyl (C=O) groups excluding carboxylic acids is 2. The van der Waals surface area contributed by atoms with Crippen LogP contribution in [0.25, 0.3) is 0 Å². The molecule has 0 amide bonds. The second-order valence-electron chi connectivity index (χ2n) is 11.3. The summed E-state index contributed by atoms with van der Waals surface area (Å²) < 4.78 is 12.0. The summed E-state index contributed by atoms with van der Waals surface area (Å²) in [5.41, 5.74) is 0. The van der Waals surface area contributed by atoms with Gasteiger partial charge in [-0.1, -0.05) is 90.9 Å². The predicted molar refractivity (Wildman–Crippen MR) is 142 cm³/mol. The highest BCUT2D eigenvalue weighted by Gasteiger charge is 2.28. The zero-order valence-electron chi connectivity index (χ0n) is 24.4. The molecule has 0 aliphatic heterocycles. The third-order valence-electron chi connectivity index (χ3n) is 6.45. The molecule has 0 aliphatic carbocycles. The van der Waals surface area contributed by atoms with Crippen molar-refractivity contribution in [2.24, 2.45) is 0 Å². The van der Waals surface area contributed by atoms with E-state index in [0.29, 0.717) is 35.3 Å². The van der Waals surface area contributed by atoms with Crippen molar-refractivity contribution in [3.8, 4) is 0 Å². The van der Waals surface area contributed by atoms with Gasteiger partial charge in [-0.2, -0.15) is 0 Å². The number of ether oxygens (including phenoxy) is 2. The van der Waals surface area contributed by atoms with Crippen LogP contribution in [0.5, 0.6) is 0 Å². The van der Waals surface area contributed by atoms with Crippen molar-refractivity contribution in [1.82, 2.24) is 0 Å². The van der Waals surface area contributed by atoms with Crippen molar-refractivity contribution in [3.05, 3.63) is 0 Å². The van der Waals surface area contributed by atoms with E-state index in [4.69, 9.17) is 9.47 Å². The first-order chi connectivity index (χ1) is 16.1. The Morgan fingerprint density at radius 3 is 1.08 bits per heavy atom. The molecule has 0 unspecified atom stereocenters. The zero-order chi connectivity index (χ0) is 25.7. The number of unbranched alkanes of at least 4 members (excludes halogenated alkanes) is 12. The third-order valence-corrected chi connectivity index (χ3v) is 6.45. The summed E-state index contributed by atoms with van der Waals surface area (Å²) in [6, 6.07) is 0. The molecule has 0 fully saturated rings. The predicted octanol–water partition coefficient (Wildman–Crippen LogP) is -0.265. The molecule has 0 saturated carbocycles. The van der Waals surface area contributed by atoms with Gasteiger partial charge in [-0.05, 0) is 12.8 Å². The fraction of sp³-hybridized carbons (Fsp3) is 0.929. The van der Waals surface area contributed by atoms with Crippen LogP contribution >= 0.6 is 0 Å². The van der Waals surface area contributed by atoms with Gasteiger partial charge in [0.15, 0.2) is 13.1 Å². The van der Waals surface area contributed by atoms with Gasteiger partial charge in [-0.3, -0.25) is 0 Å². The maximum atomic E-state index is 12.3. The molecule has 0 atom stereocenters. The average molecular weight is 558 g/mol. The maximum Gasteiger partial charge on any atom is 0.361 e. The lowest BCUT2D eigenvalue weighted by atomic mass is 10.1. The van der Waals surface area contributed by atoms with Gasteiger partial charge in [-0.15, -0.1) is 0 Å². The van der Waals surface area contributed by atoms with Crippen molar-refractivity contribution in [2.75, 3.05) is 67.6 Å². The van der Waals surface area contributed by atoms with Crippen LogP contribution in [0.1, 0.15) is 104 Å². The zero-order valence-corrected chi connectivity index (χ0v) is 25.9. The summed E-state index contributed by atoms with van der Waals surface area (Å²) in [4.78, 5) is 24.5. The van der Waals surface area contributed by atoms with Gasteiger partial charge in [0.2, 0.25) is 0 Å². The molecule has 8 heteroatoms. The molecule has 218 valence electrons. The minimum absolute atomic E-state index is 0. The van der Waals surface area contributed by atoms with E-state index in [9.17, 15) is 9.59 Å². The van der Waals surface area contributed by atoms with E-state index in [0.717, 1.165) is 38.8 Å². The van der Waals surface area contributed by atoms with Crippen LogP contribution in [0.4, 0.5) is 0 Å². The molecule has 0 bridgehead atoms. The van der Waals surface area contributed by atoms with Crippen LogP contribution in [0, 0.1) is 0 Å². The molecule has 0 heterocycles. The minimum atomic E-state index is -0.129. The highest BCUT2D eigenvalue weighted by atomic mass is 35.5. The quantitative estimate of drug-likeness (QED) is 0.0987. The number of likely N-dealkylation sites (N-methyl/N-ethyl adjacent to an activating group) is 2. The van der Waals surface area contributed by atoms with E-state index in [1.54, 1.807) is 0 Å². The number of rotatable bonds is 23. The molecule has 0 rings (SSSR count). The Bertz CT molecular complexity index is 486. The molecule has 6 nitrogen and oxygen atoms in total. The Hall–Kier alpha value is -0.560. The van der Waals surface area contributed by atoms with Gasteiger partial charge in [0, 0.05) is 0 Å². The Morgan fingerprint density at radius 1 is 0.500 bits per heavy atom. The first kappa shape index (κ1) is 39.9. The smallest absolute Gasteiger partial charge is 0.361 e. The Kier molecular flexibility index (Phi) is 27.5. The number of hydrogen-bond donors (Lipinski definition) is 0. The topological polar surface area (TPSA) is 52.6 Å². The molecule has 0 radical (unpaired) electrons. The second-order valence-corrected chi connectivity index (χ2v) is 11.3. The van der Waals surface area contributed by atoms with E-state index in [1.165, 1.54) is 64.2 Å². The fourth-order valence-corrected chi connectivity index (χ4v) is 3.98. The summed E-state index contributed by atoms with van der Waals surface area (Å²) in [5, 5.41) is 0. The molecule has 0 aromatic rings. The van der Waals surface area contributed by atoms with E-state index in [1.807, 2.05) is 28.2 Å². The largest absolute Gasteiger partial charge is 1.00 e. The standard InChI is InChI=1S/C28H58N2O4.2ClH/c1-7-9-11-13-15-17-19-23-33-27(31)25-29(3,4)21-22-30(5,6)26-28(32)34-24-20-18-16-14-12-10-8-2;;/h7-26H2,1-6H3;2*1H/q+2;;/p-2. The van der Waals surface area contributed by atoms with Gasteiger partial charge in [0.1, 0.15) is 13.1 Å². The van der Waals surface area contributed by atoms with Crippen LogP contribution in [0.2, 0.25) is 0 Å². The van der Waals surface area contributed by atoms with Crippen LogP contribution in [-0.4, -0.2) is 88.5 Å². The molecule has 0 aliphatic rings. The summed E-state index contributed by atoms with van der Waals surface area (Å²) in [6.45, 7) is 7.82. The number of esters is 2. The van der Waals surface area contributed by atoms with Crippen LogP contribution < -0.4 is 24.8 Å². The molecular formula is C28H58Cl2N2O4. The molecule has 0 aromatic heterocycles. The normalized spacial score (nSPS) is 11.4. The number of hydrogen-bond acceptors (Lipinski definition) is 4. The summed E-state index contributed by atoms with van der Waals surface area (Å²) >= 11 is 0. The molecule has 0 saturated heterocycles. The van der Waals surface area contributed by atoms with E-state index in [2.05, 4.69) is 13.8 Å². The maximum absolute atomic E-state index is 12.3. The van der Waals surface area contributed by atoms with E-state index < -0.39 is 0 Å². The van der Waals surface area contributed by atoms with Crippen LogP contribution in [0.15, 0.2) is 0 Å². The molecular weight excluding hydrogens is 499 g/mol. The fourth-order valence-electron chi connectivity index (χ4n) is 3.98. The Labute approximate surface area is 235 Å². The first-order valence-electron chi connectivity index (χ1n) is 14.1. The summed E-state index contributed by atoms with van der Waals surface area (Å²) in [5.74, 6) is -0.259. The van der Waals surface area contributed by atoms with Gasteiger partial charge < -0.3 is 43.3 Å².